The number of nitrogens with zero attached hydrogens (tertiary/aromatic N) is 2. The average molecular weight is 325 g/mol. The summed E-state index contributed by atoms with van der Waals surface area (Å²) in [4.78, 5) is 24.6. The van der Waals surface area contributed by atoms with E-state index in [1.165, 1.54) is 17.7 Å². The summed E-state index contributed by atoms with van der Waals surface area (Å²) in [6.45, 7) is 3.35. The lowest BCUT2D eigenvalue weighted by atomic mass is 10.1. The molecule has 1 heterocycles. The van der Waals surface area contributed by atoms with E-state index in [4.69, 9.17) is 0 Å². The second kappa shape index (κ2) is 6.70. The van der Waals surface area contributed by atoms with Crippen LogP contribution in [0.15, 0.2) is 48.5 Å². The molecule has 0 spiro atoms. The second-order valence-corrected chi connectivity index (χ2v) is 6.03. The Kier molecular flexibility index (Phi) is 4.46. The summed E-state index contributed by atoms with van der Waals surface area (Å²) < 4.78 is 0. The maximum Gasteiger partial charge on any atom is 0.269 e. The lowest BCUT2D eigenvalue weighted by molar-refractivity contribution is -0.384. The lowest BCUT2D eigenvalue weighted by Crippen LogP contribution is -2.33. The van der Waals surface area contributed by atoms with E-state index < -0.39 is 4.92 Å². The zero-order valence-corrected chi connectivity index (χ0v) is 13.4. The van der Waals surface area contributed by atoms with Crippen LogP contribution in [0.1, 0.15) is 17.5 Å². The Labute approximate surface area is 140 Å². The smallest absolute Gasteiger partial charge is 0.269 e. The molecule has 1 saturated heterocycles. The van der Waals surface area contributed by atoms with E-state index in [2.05, 4.69) is 5.32 Å². The molecule has 2 aromatic rings. The number of hydrogen-bond donors (Lipinski definition) is 1. The van der Waals surface area contributed by atoms with Crippen molar-refractivity contribution < 1.29 is 9.72 Å². The standard InChI is InChI=1S/C18H19N3O3/c1-13-2-4-14(5-3-13)12-20-11-10-17(18(20)22)19-15-6-8-16(9-7-15)21(23)24/h2-9,17,19H,10-12H2,1H3. The SMILES string of the molecule is Cc1ccc(CN2CCC(Nc3ccc([N+](=O)[O-])cc3)C2=O)cc1. The molecule has 1 atom stereocenters. The molecular formula is C18H19N3O3. The molecule has 1 N–H and O–H groups in total. The largest absolute Gasteiger partial charge is 0.374 e. The number of likely N-dealkylation sites (tertiary alicyclic amines) is 1. The Morgan fingerprint density at radius 2 is 1.83 bits per heavy atom. The molecule has 124 valence electrons. The number of hydrogen-bond acceptors (Lipinski definition) is 4. The van der Waals surface area contributed by atoms with Gasteiger partial charge in [-0.3, -0.25) is 14.9 Å². The molecule has 6 nitrogen and oxygen atoms in total. The van der Waals surface area contributed by atoms with Gasteiger partial charge in [0.25, 0.3) is 5.69 Å². The summed E-state index contributed by atoms with van der Waals surface area (Å²) >= 11 is 0. The highest BCUT2D eigenvalue weighted by atomic mass is 16.6. The van der Waals surface area contributed by atoms with Crippen LogP contribution in [0.3, 0.4) is 0 Å². The zero-order valence-electron chi connectivity index (χ0n) is 13.4. The van der Waals surface area contributed by atoms with Crippen LogP contribution in [0, 0.1) is 17.0 Å². The third kappa shape index (κ3) is 3.53. The van der Waals surface area contributed by atoms with Gasteiger partial charge in [-0.15, -0.1) is 0 Å². The normalized spacial score (nSPS) is 17.1. The van der Waals surface area contributed by atoms with Gasteiger partial charge in [0.15, 0.2) is 0 Å². The highest BCUT2D eigenvalue weighted by Crippen LogP contribution is 2.21. The second-order valence-electron chi connectivity index (χ2n) is 6.03. The van der Waals surface area contributed by atoms with Crippen LogP contribution in [0.25, 0.3) is 0 Å². The van der Waals surface area contributed by atoms with E-state index >= 15 is 0 Å². The molecule has 1 unspecified atom stereocenters. The number of anilines is 1. The van der Waals surface area contributed by atoms with Gasteiger partial charge in [-0.25, -0.2) is 0 Å². The molecule has 3 rings (SSSR count). The van der Waals surface area contributed by atoms with Crippen molar-refractivity contribution in [3.8, 4) is 0 Å². The van der Waals surface area contributed by atoms with Crippen LogP contribution in [0.4, 0.5) is 11.4 Å². The van der Waals surface area contributed by atoms with Crippen molar-refractivity contribution in [2.45, 2.75) is 25.9 Å². The average Bonchev–Trinajstić information content (AvgIpc) is 2.91. The number of benzene rings is 2. The predicted octanol–water partition coefficient (Wildman–Crippen LogP) is 3.12. The van der Waals surface area contributed by atoms with Crippen LogP contribution >= 0.6 is 0 Å². The lowest BCUT2D eigenvalue weighted by Gasteiger charge is -2.18. The number of carbonyl (C=O) groups excluding carboxylic acids is 1. The number of carbonyl (C=O) groups is 1. The highest BCUT2D eigenvalue weighted by Gasteiger charge is 2.31. The van der Waals surface area contributed by atoms with Crippen molar-refractivity contribution >= 4 is 17.3 Å². The van der Waals surface area contributed by atoms with Crippen molar-refractivity contribution in [1.29, 1.82) is 0 Å². The maximum atomic E-state index is 12.5. The molecular weight excluding hydrogens is 306 g/mol. The Bertz CT molecular complexity index is 741. The summed E-state index contributed by atoms with van der Waals surface area (Å²) in [5.41, 5.74) is 3.07. The first-order chi connectivity index (χ1) is 11.5. The molecule has 0 radical (unpaired) electrons. The van der Waals surface area contributed by atoms with Crippen LogP contribution in [0.2, 0.25) is 0 Å². The molecule has 1 fully saturated rings. The summed E-state index contributed by atoms with van der Waals surface area (Å²) in [5, 5.41) is 13.8. The van der Waals surface area contributed by atoms with Crippen molar-refractivity contribution in [2.24, 2.45) is 0 Å². The molecule has 0 aromatic heterocycles. The van der Waals surface area contributed by atoms with Gasteiger partial charge in [0.05, 0.1) is 4.92 Å². The van der Waals surface area contributed by atoms with Gasteiger partial charge in [-0.05, 0) is 31.0 Å². The van der Waals surface area contributed by atoms with E-state index in [1.54, 1.807) is 12.1 Å². The van der Waals surface area contributed by atoms with Gasteiger partial charge < -0.3 is 10.2 Å². The van der Waals surface area contributed by atoms with Crippen molar-refractivity contribution in [3.05, 3.63) is 69.8 Å². The van der Waals surface area contributed by atoms with Gasteiger partial charge in [-0.1, -0.05) is 29.8 Å². The fourth-order valence-corrected chi connectivity index (χ4v) is 2.82. The minimum Gasteiger partial charge on any atom is -0.374 e. The first-order valence-corrected chi connectivity index (χ1v) is 7.88. The van der Waals surface area contributed by atoms with E-state index in [0.717, 1.165) is 17.7 Å². The Balaban J connectivity index is 1.61. The summed E-state index contributed by atoms with van der Waals surface area (Å²) in [5.74, 6) is 0.0638. The number of rotatable bonds is 5. The number of aryl methyl sites for hydroxylation is 1. The highest BCUT2D eigenvalue weighted by molar-refractivity contribution is 5.86. The van der Waals surface area contributed by atoms with Gasteiger partial charge in [-0.2, -0.15) is 0 Å². The minimum absolute atomic E-state index is 0.0410. The number of non-ortho nitro benzene ring substituents is 1. The fourth-order valence-electron chi connectivity index (χ4n) is 2.82. The first-order valence-electron chi connectivity index (χ1n) is 7.88. The maximum absolute atomic E-state index is 12.5. The third-order valence-electron chi connectivity index (χ3n) is 4.21. The molecule has 1 aliphatic heterocycles. The Morgan fingerprint density at radius 1 is 1.17 bits per heavy atom. The molecule has 6 heteroatoms. The zero-order chi connectivity index (χ0) is 17.1. The van der Waals surface area contributed by atoms with Crippen LogP contribution < -0.4 is 5.32 Å². The van der Waals surface area contributed by atoms with E-state index in [1.807, 2.05) is 36.1 Å². The predicted molar refractivity (Wildman–Crippen MR) is 91.7 cm³/mol. The number of nitrogens with one attached hydrogen (secondary N) is 1. The molecule has 1 amide bonds. The quantitative estimate of drug-likeness (QED) is 0.677. The summed E-state index contributed by atoms with van der Waals surface area (Å²) in [7, 11) is 0. The molecule has 0 saturated carbocycles. The topological polar surface area (TPSA) is 75.5 Å². The Morgan fingerprint density at radius 3 is 2.46 bits per heavy atom. The van der Waals surface area contributed by atoms with Crippen LogP contribution in [0.5, 0.6) is 0 Å². The summed E-state index contributed by atoms with van der Waals surface area (Å²) in [6.07, 6.45) is 0.724. The van der Waals surface area contributed by atoms with Crippen molar-refractivity contribution in [1.82, 2.24) is 4.90 Å². The van der Waals surface area contributed by atoms with Crippen molar-refractivity contribution in [3.63, 3.8) is 0 Å². The van der Waals surface area contributed by atoms with Crippen LogP contribution in [-0.2, 0) is 11.3 Å². The molecule has 0 bridgehead atoms. The fraction of sp³-hybridized carbons (Fsp3) is 0.278. The van der Waals surface area contributed by atoms with Crippen molar-refractivity contribution in [2.75, 3.05) is 11.9 Å². The molecule has 24 heavy (non-hydrogen) atoms. The monoisotopic (exact) mass is 325 g/mol. The third-order valence-corrected chi connectivity index (χ3v) is 4.21. The number of amides is 1. The molecule has 2 aromatic carbocycles. The first kappa shape index (κ1) is 16.0. The van der Waals surface area contributed by atoms with E-state index in [0.29, 0.717) is 13.1 Å². The molecule has 1 aliphatic rings. The van der Waals surface area contributed by atoms with Crippen LogP contribution in [-0.4, -0.2) is 28.3 Å². The van der Waals surface area contributed by atoms with Gasteiger partial charge in [0.2, 0.25) is 5.91 Å². The minimum atomic E-state index is -0.437. The summed E-state index contributed by atoms with van der Waals surface area (Å²) in [6, 6.07) is 14.0. The number of nitro groups is 1. The number of nitro benzene ring substituents is 1. The van der Waals surface area contributed by atoms with E-state index in [9.17, 15) is 14.9 Å². The molecule has 0 aliphatic carbocycles. The Hall–Kier alpha value is -2.89. The van der Waals surface area contributed by atoms with E-state index in [-0.39, 0.29) is 17.6 Å². The van der Waals surface area contributed by atoms with Gasteiger partial charge in [0, 0.05) is 30.9 Å². The van der Waals surface area contributed by atoms with Gasteiger partial charge in [0.1, 0.15) is 6.04 Å². The van der Waals surface area contributed by atoms with Gasteiger partial charge >= 0.3 is 0 Å².